The number of hydrogen-bond acceptors (Lipinski definition) is 4. The fourth-order valence-electron chi connectivity index (χ4n) is 3.00. The molecule has 4 nitrogen and oxygen atoms in total. The summed E-state index contributed by atoms with van der Waals surface area (Å²) in [7, 11) is 0. The van der Waals surface area contributed by atoms with Crippen LogP contribution in [0, 0.1) is 0 Å². The van der Waals surface area contributed by atoms with Gasteiger partial charge in [0.05, 0.1) is 5.69 Å². The first-order valence-corrected chi connectivity index (χ1v) is 7.15. The Kier molecular flexibility index (Phi) is 4.04. The summed E-state index contributed by atoms with van der Waals surface area (Å²) in [5.41, 5.74) is 9.39. The molecule has 1 aliphatic rings. The zero-order chi connectivity index (χ0) is 13.8. The minimum atomic E-state index is 0.490. The molecule has 0 amide bonds. The van der Waals surface area contributed by atoms with Gasteiger partial charge in [-0.3, -0.25) is 14.9 Å². The number of nitrogens with zero attached hydrogens (tertiary/aromatic N) is 3. The van der Waals surface area contributed by atoms with E-state index in [4.69, 9.17) is 5.73 Å². The van der Waals surface area contributed by atoms with Gasteiger partial charge in [-0.25, -0.2) is 0 Å². The summed E-state index contributed by atoms with van der Waals surface area (Å²) in [6.07, 6.45) is 8.02. The molecule has 0 bridgehead atoms. The molecule has 1 saturated heterocycles. The van der Waals surface area contributed by atoms with E-state index in [2.05, 4.69) is 33.1 Å². The van der Waals surface area contributed by atoms with Crippen LogP contribution in [0.5, 0.6) is 0 Å². The van der Waals surface area contributed by atoms with Crippen LogP contribution in [0.1, 0.15) is 35.7 Å². The number of hydrogen-bond donors (Lipinski definition) is 1. The molecule has 0 aliphatic carbocycles. The van der Waals surface area contributed by atoms with Crippen LogP contribution in [0.3, 0.4) is 0 Å². The van der Waals surface area contributed by atoms with E-state index >= 15 is 0 Å². The van der Waals surface area contributed by atoms with E-state index in [1.807, 2.05) is 24.7 Å². The predicted octanol–water partition coefficient (Wildman–Crippen LogP) is 2.27. The Morgan fingerprint density at radius 1 is 1.20 bits per heavy atom. The fourth-order valence-corrected chi connectivity index (χ4v) is 3.00. The van der Waals surface area contributed by atoms with Gasteiger partial charge in [0, 0.05) is 37.7 Å². The summed E-state index contributed by atoms with van der Waals surface area (Å²) >= 11 is 0. The van der Waals surface area contributed by atoms with Crippen LogP contribution in [0.15, 0.2) is 42.9 Å². The van der Waals surface area contributed by atoms with Crippen molar-refractivity contribution in [2.75, 3.05) is 6.54 Å². The number of nitrogens with two attached hydrogens (primary N) is 1. The molecule has 0 radical (unpaired) electrons. The third kappa shape index (κ3) is 2.71. The quantitative estimate of drug-likeness (QED) is 0.924. The SMILES string of the molecule is NCc1ncccc1CN1CCCC1c1ccncc1. The average molecular weight is 268 g/mol. The first kappa shape index (κ1) is 13.2. The Balaban J connectivity index is 1.79. The van der Waals surface area contributed by atoms with Crippen molar-refractivity contribution in [2.45, 2.75) is 32.0 Å². The summed E-state index contributed by atoms with van der Waals surface area (Å²) in [5, 5.41) is 0. The second kappa shape index (κ2) is 6.11. The van der Waals surface area contributed by atoms with Crippen molar-refractivity contribution in [2.24, 2.45) is 5.73 Å². The molecule has 2 N–H and O–H groups in total. The zero-order valence-electron chi connectivity index (χ0n) is 11.6. The molecule has 3 rings (SSSR count). The topological polar surface area (TPSA) is 55.0 Å². The monoisotopic (exact) mass is 268 g/mol. The lowest BCUT2D eigenvalue weighted by atomic mass is 10.1. The summed E-state index contributed by atoms with van der Waals surface area (Å²) < 4.78 is 0. The van der Waals surface area contributed by atoms with Gasteiger partial charge in [-0.05, 0) is 48.7 Å². The third-order valence-corrected chi connectivity index (χ3v) is 4.01. The van der Waals surface area contributed by atoms with Crippen molar-refractivity contribution >= 4 is 0 Å². The summed E-state index contributed by atoms with van der Waals surface area (Å²) in [5.74, 6) is 0. The van der Waals surface area contributed by atoms with Gasteiger partial charge in [-0.1, -0.05) is 6.07 Å². The van der Waals surface area contributed by atoms with Crippen LogP contribution < -0.4 is 5.73 Å². The molecule has 0 saturated carbocycles. The Morgan fingerprint density at radius 3 is 2.85 bits per heavy atom. The summed E-state index contributed by atoms with van der Waals surface area (Å²) in [6, 6.07) is 8.86. The molecule has 2 aromatic heterocycles. The van der Waals surface area contributed by atoms with E-state index < -0.39 is 0 Å². The van der Waals surface area contributed by atoms with Crippen LogP contribution in [0.4, 0.5) is 0 Å². The molecular weight excluding hydrogens is 248 g/mol. The van der Waals surface area contributed by atoms with Crippen molar-refractivity contribution in [3.63, 3.8) is 0 Å². The van der Waals surface area contributed by atoms with Gasteiger partial charge >= 0.3 is 0 Å². The highest BCUT2D eigenvalue weighted by Gasteiger charge is 2.26. The van der Waals surface area contributed by atoms with Gasteiger partial charge in [0.25, 0.3) is 0 Å². The molecule has 1 aliphatic heterocycles. The van der Waals surface area contributed by atoms with Crippen molar-refractivity contribution < 1.29 is 0 Å². The molecule has 0 aromatic carbocycles. The highest BCUT2D eigenvalue weighted by atomic mass is 15.2. The maximum Gasteiger partial charge on any atom is 0.0584 e. The van der Waals surface area contributed by atoms with E-state index in [1.165, 1.54) is 24.0 Å². The molecule has 4 heteroatoms. The Labute approximate surface area is 119 Å². The van der Waals surface area contributed by atoms with E-state index in [-0.39, 0.29) is 0 Å². The Bertz CT molecular complexity index is 555. The zero-order valence-corrected chi connectivity index (χ0v) is 11.6. The molecule has 20 heavy (non-hydrogen) atoms. The fraction of sp³-hybridized carbons (Fsp3) is 0.375. The lowest BCUT2D eigenvalue weighted by Crippen LogP contribution is -2.24. The van der Waals surface area contributed by atoms with Crippen molar-refractivity contribution in [1.29, 1.82) is 0 Å². The van der Waals surface area contributed by atoms with E-state index in [9.17, 15) is 0 Å². The lowest BCUT2D eigenvalue weighted by Gasteiger charge is -2.25. The van der Waals surface area contributed by atoms with Crippen molar-refractivity contribution in [3.8, 4) is 0 Å². The van der Waals surface area contributed by atoms with E-state index in [1.54, 1.807) is 0 Å². The number of aromatic nitrogens is 2. The predicted molar refractivity (Wildman–Crippen MR) is 78.8 cm³/mol. The van der Waals surface area contributed by atoms with Crippen LogP contribution in [-0.2, 0) is 13.1 Å². The largest absolute Gasteiger partial charge is 0.325 e. The molecule has 3 heterocycles. The van der Waals surface area contributed by atoms with E-state index in [0.717, 1.165) is 18.8 Å². The first-order chi connectivity index (χ1) is 9.88. The smallest absolute Gasteiger partial charge is 0.0584 e. The average Bonchev–Trinajstić information content (AvgIpc) is 2.97. The highest BCUT2D eigenvalue weighted by molar-refractivity contribution is 5.22. The van der Waals surface area contributed by atoms with Crippen molar-refractivity contribution in [3.05, 3.63) is 59.7 Å². The number of pyridine rings is 2. The van der Waals surface area contributed by atoms with Crippen LogP contribution >= 0.6 is 0 Å². The summed E-state index contributed by atoms with van der Waals surface area (Å²) in [6.45, 7) is 2.56. The van der Waals surface area contributed by atoms with Gasteiger partial charge in [0.2, 0.25) is 0 Å². The molecule has 1 unspecified atom stereocenters. The van der Waals surface area contributed by atoms with E-state index in [0.29, 0.717) is 12.6 Å². The second-order valence-corrected chi connectivity index (χ2v) is 5.22. The molecule has 1 fully saturated rings. The number of rotatable bonds is 4. The van der Waals surface area contributed by atoms with Crippen LogP contribution in [-0.4, -0.2) is 21.4 Å². The second-order valence-electron chi connectivity index (χ2n) is 5.22. The Morgan fingerprint density at radius 2 is 2.05 bits per heavy atom. The molecular formula is C16H20N4. The van der Waals surface area contributed by atoms with Crippen LogP contribution in [0.2, 0.25) is 0 Å². The maximum absolute atomic E-state index is 5.78. The van der Waals surface area contributed by atoms with Crippen LogP contribution in [0.25, 0.3) is 0 Å². The molecule has 1 atom stereocenters. The van der Waals surface area contributed by atoms with Crippen molar-refractivity contribution in [1.82, 2.24) is 14.9 Å². The summed E-state index contributed by atoms with van der Waals surface area (Å²) in [4.78, 5) is 11.0. The third-order valence-electron chi connectivity index (χ3n) is 4.01. The maximum atomic E-state index is 5.78. The normalized spacial score (nSPS) is 19.4. The molecule has 2 aromatic rings. The van der Waals surface area contributed by atoms with Gasteiger partial charge in [-0.2, -0.15) is 0 Å². The molecule has 104 valence electrons. The lowest BCUT2D eigenvalue weighted by molar-refractivity contribution is 0.247. The van der Waals surface area contributed by atoms with Gasteiger partial charge in [-0.15, -0.1) is 0 Å². The first-order valence-electron chi connectivity index (χ1n) is 7.15. The van der Waals surface area contributed by atoms with Gasteiger partial charge < -0.3 is 5.73 Å². The highest BCUT2D eigenvalue weighted by Crippen LogP contribution is 2.32. The minimum Gasteiger partial charge on any atom is -0.325 e. The number of likely N-dealkylation sites (tertiary alicyclic amines) is 1. The molecule has 0 spiro atoms. The van der Waals surface area contributed by atoms with Gasteiger partial charge in [0.15, 0.2) is 0 Å². The Hall–Kier alpha value is -1.78. The van der Waals surface area contributed by atoms with Gasteiger partial charge in [0.1, 0.15) is 0 Å². The standard InChI is InChI=1S/C16H20N4/c17-11-15-14(3-1-7-19-15)12-20-10-2-4-16(20)13-5-8-18-9-6-13/h1,3,5-9,16H,2,4,10-12,17H2. The minimum absolute atomic E-state index is 0.490.